The first-order chi connectivity index (χ1) is 17.0. The second-order valence-corrected chi connectivity index (χ2v) is 12.6. The molecule has 0 saturated heterocycles. The van der Waals surface area contributed by atoms with Gasteiger partial charge in [0, 0.05) is 0 Å². The van der Waals surface area contributed by atoms with Gasteiger partial charge in [0.05, 0.1) is 41.9 Å². The van der Waals surface area contributed by atoms with Crippen molar-refractivity contribution in [1.82, 2.24) is 0 Å². The van der Waals surface area contributed by atoms with Crippen LogP contribution in [0.2, 0.25) is 0 Å². The van der Waals surface area contributed by atoms with Gasteiger partial charge in [0.2, 0.25) is 0 Å². The number of carbonyl (C=O) groups is 2. The number of phenolic OH excluding ortho intramolecular Hbond substituents is 2. The Morgan fingerprint density at radius 1 is 0.639 bits per heavy atom. The number of rotatable bonds is 0. The Balaban J connectivity index is 0.000000148. The fraction of sp³-hybridized carbons (Fsp3) is 0.417. The number of aliphatic hydroxyl groups is 2. The number of hydrogen-bond donors (Lipinski definition) is 4. The molecule has 4 N–H and O–H groups in total. The van der Waals surface area contributed by atoms with Crippen LogP contribution in [-0.2, 0) is 0 Å². The number of hydrogen-bond acceptors (Lipinski definition) is 8. The van der Waals surface area contributed by atoms with E-state index >= 15 is 0 Å². The van der Waals surface area contributed by atoms with Gasteiger partial charge < -0.3 is 29.9 Å². The smallest absolute Gasteiger partial charge is 0.179 e. The number of aliphatic hydroxyl groups excluding tert-OH is 2. The Kier molecular flexibility index (Phi) is 7.23. The summed E-state index contributed by atoms with van der Waals surface area (Å²) in [4.78, 5) is 24.8. The molecule has 2 heterocycles. The highest BCUT2D eigenvalue weighted by Crippen LogP contribution is 2.50. The average molecular weight is 756 g/mol. The molecule has 0 amide bonds. The highest BCUT2D eigenvalue weighted by Gasteiger charge is 2.49. The Morgan fingerprint density at radius 3 is 1.36 bits per heavy atom. The van der Waals surface area contributed by atoms with Crippen molar-refractivity contribution >= 4 is 75.3 Å². The average Bonchev–Trinajstić information content (AvgIpc) is 3.39. The minimum atomic E-state index is -0.687. The highest BCUT2D eigenvalue weighted by atomic mass is 79.9. The summed E-state index contributed by atoms with van der Waals surface area (Å²) in [5, 5.41) is 39.7. The van der Waals surface area contributed by atoms with E-state index in [-0.39, 0.29) is 46.4 Å². The quantitative estimate of drug-likeness (QED) is 0.286. The molecule has 0 aromatic heterocycles. The zero-order valence-corrected chi connectivity index (χ0v) is 24.7. The van der Waals surface area contributed by atoms with E-state index in [1.54, 1.807) is 12.1 Å². The molecular formula is C24H20Br4O8. The van der Waals surface area contributed by atoms with Gasteiger partial charge in [-0.25, -0.2) is 0 Å². The van der Waals surface area contributed by atoms with E-state index in [0.29, 0.717) is 55.1 Å². The molecule has 0 radical (unpaired) electrons. The summed E-state index contributed by atoms with van der Waals surface area (Å²) in [6.45, 7) is 0. The van der Waals surface area contributed by atoms with Crippen LogP contribution < -0.4 is 9.47 Å². The van der Waals surface area contributed by atoms with Crippen molar-refractivity contribution in [2.45, 2.75) is 50.1 Å². The van der Waals surface area contributed by atoms with Crippen LogP contribution in [0.1, 0.15) is 46.4 Å². The SMILES string of the molecule is O=C1c2c(O)c(Br)cc(Br)c2O[C@@H]2CC[C@@H](O)[C@H]12.O=C1c2c(O)c(Br)cc(Br)c2O[C@@H]2CC[C@@H](O)[C@H]12. The minimum absolute atomic E-state index is 0.129. The first-order valence-electron chi connectivity index (χ1n) is 11.2. The maximum Gasteiger partial charge on any atom is 0.179 e. The lowest BCUT2D eigenvalue weighted by atomic mass is 9.89. The van der Waals surface area contributed by atoms with Crippen LogP contribution in [0.3, 0.4) is 0 Å². The third kappa shape index (κ3) is 4.21. The van der Waals surface area contributed by atoms with E-state index in [1.165, 1.54) is 0 Å². The van der Waals surface area contributed by atoms with Gasteiger partial charge in [-0.2, -0.15) is 0 Å². The monoisotopic (exact) mass is 752 g/mol. The molecule has 4 aliphatic rings. The van der Waals surface area contributed by atoms with Crippen LogP contribution in [0.4, 0.5) is 0 Å². The maximum atomic E-state index is 12.4. The number of phenols is 2. The van der Waals surface area contributed by atoms with Gasteiger partial charge in [-0.15, -0.1) is 0 Å². The number of ether oxygens (including phenoxy) is 2. The van der Waals surface area contributed by atoms with Crippen molar-refractivity contribution in [2.24, 2.45) is 11.8 Å². The fourth-order valence-electron chi connectivity index (χ4n) is 5.34. The highest BCUT2D eigenvalue weighted by molar-refractivity contribution is 9.11. The zero-order valence-electron chi connectivity index (χ0n) is 18.4. The van der Waals surface area contributed by atoms with E-state index in [4.69, 9.17) is 9.47 Å². The van der Waals surface area contributed by atoms with Crippen molar-refractivity contribution < 1.29 is 39.5 Å². The molecule has 0 spiro atoms. The lowest BCUT2D eigenvalue weighted by Crippen LogP contribution is -2.38. The second kappa shape index (κ2) is 9.85. The lowest BCUT2D eigenvalue weighted by molar-refractivity contribution is 0.0459. The van der Waals surface area contributed by atoms with Crippen molar-refractivity contribution in [2.75, 3.05) is 0 Å². The largest absolute Gasteiger partial charge is 0.506 e. The topological polar surface area (TPSA) is 134 Å². The fourth-order valence-corrected chi connectivity index (χ4v) is 7.85. The molecule has 2 fully saturated rings. The summed E-state index contributed by atoms with van der Waals surface area (Å²) in [6, 6.07) is 3.29. The predicted molar refractivity (Wildman–Crippen MR) is 142 cm³/mol. The molecular weight excluding hydrogens is 736 g/mol. The molecule has 8 nitrogen and oxygen atoms in total. The van der Waals surface area contributed by atoms with E-state index in [1.807, 2.05) is 0 Å². The van der Waals surface area contributed by atoms with Crippen molar-refractivity contribution in [3.05, 3.63) is 41.2 Å². The first-order valence-corrected chi connectivity index (χ1v) is 14.4. The molecule has 2 aromatic rings. The van der Waals surface area contributed by atoms with E-state index < -0.39 is 24.0 Å². The summed E-state index contributed by atoms with van der Waals surface area (Å²) >= 11 is 13.0. The van der Waals surface area contributed by atoms with Gasteiger partial charge in [-0.05, 0) is 102 Å². The third-order valence-corrected chi connectivity index (χ3v) is 9.47. The Morgan fingerprint density at radius 2 is 1.00 bits per heavy atom. The Labute approximate surface area is 239 Å². The van der Waals surface area contributed by atoms with Crippen molar-refractivity contribution in [1.29, 1.82) is 0 Å². The molecule has 2 aliphatic carbocycles. The number of aromatic hydroxyl groups is 2. The van der Waals surface area contributed by atoms with Crippen LogP contribution in [-0.4, -0.2) is 56.4 Å². The van der Waals surface area contributed by atoms with Gasteiger partial charge in [-0.3, -0.25) is 9.59 Å². The van der Waals surface area contributed by atoms with Gasteiger partial charge >= 0.3 is 0 Å². The normalized spacial score (nSPS) is 29.7. The van der Waals surface area contributed by atoms with E-state index in [2.05, 4.69) is 63.7 Å². The Hall–Kier alpha value is -1.18. The number of carbonyl (C=O) groups excluding carboxylic acids is 2. The van der Waals surface area contributed by atoms with Crippen molar-refractivity contribution in [3.63, 3.8) is 0 Å². The van der Waals surface area contributed by atoms with Crippen molar-refractivity contribution in [3.8, 4) is 23.0 Å². The molecule has 2 saturated carbocycles. The summed E-state index contributed by atoms with van der Waals surface area (Å²) in [7, 11) is 0. The van der Waals surface area contributed by atoms with E-state index in [9.17, 15) is 30.0 Å². The van der Waals surface area contributed by atoms with Crippen LogP contribution in [0.5, 0.6) is 23.0 Å². The minimum Gasteiger partial charge on any atom is -0.506 e. The molecule has 0 unspecified atom stereocenters. The van der Waals surface area contributed by atoms with Crippen LogP contribution in [0, 0.1) is 11.8 Å². The molecule has 2 aliphatic heterocycles. The number of fused-ring (bicyclic) bond motifs is 4. The summed E-state index contributed by atoms with van der Waals surface area (Å²) < 4.78 is 13.6. The molecule has 0 bridgehead atoms. The van der Waals surface area contributed by atoms with Crippen LogP contribution >= 0.6 is 63.7 Å². The maximum absolute atomic E-state index is 12.4. The number of halogens is 4. The van der Waals surface area contributed by atoms with E-state index in [0.717, 1.165) is 0 Å². The van der Waals surface area contributed by atoms with Gasteiger partial charge in [0.15, 0.2) is 11.6 Å². The molecule has 2 aromatic carbocycles. The zero-order chi connectivity index (χ0) is 26.0. The predicted octanol–water partition coefficient (Wildman–Crippen LogP) is 5.26. The molecule has 12 heteroatoms. The summed E-state index contributed by atoms with van der Waals surface area (Å²) in [5.74, 6) is -1.13. The van der Waals surface area contributed by atoms with Crippen LogP contribution in [0.25, 0.3) is 0 Å². The summed E-state index contributed by atoms with van der Waals surface area (Å²) in [6.07, 6.45) is 0.443. The third-order valence-electron chi connectivity index (χ3n) is 7.08. The van der Waals surface area contributed by atoms with Gasteiger partial charge in [-0.1, -0.05) is 0 Å². The standard InChI is InChI=1S/2C12H10Br2O4/c2*13-4-3-5(14)12-9(10(4)16)11(17)8-6(15)1-2-7(8)18-12/h2*3,6-8,15-16H,1-2H2/t2*6-,7-,8+/m11/s1. The molecule has 36 heavy (non-hydrogen) atoms. The summed E-state index contributed by atoms with van der Waals surface area (Å²) in [5.41, 5.74) is 0.303. The number of benzene rings is 2. The molecule has 6 atom stereocenters. The van der Waals surface area contributed by atoms with Gasteiger partial charge in [0.1, 0.15) is 46.3 Å². The second-order valence-electron chi connectivity index (χ2n) is 9.17. The number of Topliss-reactive ketones (excluding diaryl/α,β-unsaturated/α-hetero) is 2. The van der Waals surface area contributed by atoms with Crippen LogP contribution in [0.15, 0.2) is 30.0 Å². The van der Waals surface area contributed by atoms with Gasteiger partial charge in [0.25, 0.3) is 0 Å². The number of ketones is 2. The Bertz CT molecular complexity index is 1180. The first kappa shape index (κ1) is 26.4. The molecule has 6 rings (SSSR count). The molecule has 192 valence electrons. The lowest BCUT2D eigenvalue weighted by Gasteiger charge is -2.30.